The van der Waals surface area contributed by atoms with Crippen LogP contribution in [0.25, 0.3) is 0 Å². The fraction of sp³-hybridized carbons (Fsp3) is 0.533. The van der Waals surface area contributed by atoms with Gasteiger partial charge in [-0.15, -0.1) is 0 Å². The van der Waals surface area contributed by atoms with Gasteiger partial charge in [-0.3, -0.25) is 4.79 Å². The van der Waals surface area contributed by atoms with Crippen molar-refractivity contribution in [2.75, 3.05) is 25.6 Å². The van der Waals surface area contributed by atoms with Crippen LogP contribution in [0.2, 0.25) is 0 Å². The first kappa shape index (κ1) is 13.9. The summed E-state index contributed by atoms with van der Waals surface area (Å²) in [6.45, 7) is 3.34. The minimum absolute atomic E-state index is 0.00795. The Balaban J connectivity index is 1.94. The van der Waals surface area contributed by atoms with Crippen molar-refractivity contribution < 1.29 is 9.53 Å². The molecule has 1 unspecified atom stereocenters. The zero-order valence-electron chi connectivity index (χ0n) is 11.9. The van der Waals surface area contributed by atoms with E-state index >= 15 is 0 Å². The molecule has 1 saturated heterocycles. The molecule has 0 aliphatic carbocycles. The lowest BCUT2D eigenvalue weighted by atomic mass is 10.1. The molecule has 1 heterocycles. The number of ether oxygens (including phenoxy) is 1. The van der Waals surface area contributed by atoms with Gasteiger partial charge in [0.25, 0.3) is 0 Å². The molecule has 1 N–H and O–H groups in total. The number of hydrogen-bond donors (Lipinski definition) is 1. The van der Waals surface area contributed by atoms with E-state index in [4.69, 9.17) is 4.74 Å². The van der Waals surface area contributed by atoms with Crippen LogP contribution in [-0.4, -0.2) is 32.7 Å². The molecule has 1 aromatic carbocycles. The van der Waals surface area contributed by atoms with Crippen molar-refractivity contribution in [3.63, 3.8) is 0 Å². The minimum Gasteiger partial charge on any atom is -0.378 e. The van der Waals surface area contributed by atoms with Gasteiger partial charge in [-0.25, -0.2) is 0 Å². The number of amides is 1. The van der Waals surface area contributed by atoms with Gasteiger partial charge < -0.3 is 15.0 Å². The third-order valence-corrected chi connectivity index (χ3v) is 3.52. The molecule has 0 aromatic heterocycles. The summed E-state index contributed by atoms with van der Waals surface area (Å²) < 4.78 is 5.37. The highest BCUT2D eigenvalue weighted by molar-refractivity contribution is 5.81. The Kier molecular flexibility index (Phi) is 4.43. The molecule has 0 radical (unpaired) electrons. The zero-order valence-corrected chi connectivity index (χ0v) is 11.9. The molecule has 4 nitrogen and oxygen atoms in total. The first-order valence-electron chi connectivity index (χ1n) is 6.74. The van der Waals surface area contributed by atoms with Crippen LogP contribution >= 0.6 is 0 Å². The van der Waals surface area contributed by atoms with Gasteiger partial charge in [-0.2, -0.15) is 0 Å². The largest absolute Gasteiger partial charge is 0.378 e. The Bertz CT molecular complexity index is 451. The molecule has 1 aromatic rings. The summed E-state index contributed by atoms with van der Waals surface area (Å²) in [6.07, 6.45) is 1.57. The van der Waals surface area contributed by atoms with Gasteiger partial charge in [0.2, 0.25) is 5.91 Å². The summed E-state index contributed by atoms with van der Waals surface area (Å²) >= 11 is 0. The predicted molar refractivity (Wildman–Crippen MR) is 76.3 cm³/mol. The van der Waals surface area contributed by atoms with E-state index in [0.29, 0.717) is 13.2 Å². The Labute approximate surface area is 114 Å². The molecule has 19 heavy (non-hydrogen) atoms. The van der Waals surface area contributed by atoms with Crippen molar-refractivity contribution in [3.8, 4) is 0 Å². The third-order valence-electron chi connectivity index (χ3n) is 3.52. The maximum atomic E-state index is 11.9. The number of benzene rings is 1. The Hall–Kier alpha value is -1.55. The molecule has 2 rings (SSSR count). The van der Waals surface area contributed by atoms with E-state index in [-0.39, 0.29) is 12.0 Å². The maximum absolute atomic E-state index is 11.9. The summed E-state index contributed by atoms with van der Waals surface area (Å²) in [7, 11) is 4.04. The number of carbonyl (C=O) groups excluding carboxylic acids is 1. The highest BCUT2D eigenvalue weighted by Crippen LogP contribution is 2.17. The summed E-state index contributed by atoms with van der Waals surface area (Å²) in [5.74, 6) is 0.00795. The first-order chi connectivity index (χ1) is 9.08. The van der Waals surface area contributed by atoms with E-state index in [0.717, 1.165) is 18.4 Å². The lowest BCUT2D eigenvalue weighted by Gasteiger charge is -2.16. The minimum atomic E-state index is -0.249. The smallest absolute Gasteiger partial charge is 0.249 e. The second-order valence-electron chi connectivity index (χ2n) is 5.22. The quantitative estimate of drug-likeness (QED) is 0.900. The molecule has 1 amide bonds. The number of anilines is 1. The van der Waals surface area contributed by atoms with Gasteiger partial charge in [-0.05, 0) is 43.0 Å². The maximum Gasteiger partial charge on any atom is 0.249 e. The van der Waals surface area contributed by atoms with Crippen LogP contribution in [0.4, 0.5) is 5.69 Å². The van der Waals surface area contributed by atoms with Gasteiger partial charge in [0.15, 0.2) is 0 Å². The molecule has 1 aliphatic rings. The topological polar surface area (TPSA) is 41.6 Å². The molecular weight excluding hydrogens is 240 g/mol. The van der Waals surface area contributed by atoms with E-state index in [2.05, 4.69) is 35.3 Å². The SMILES string of the molecule is Cc1cc(N(C)C)ccc1CNC(=O)C1CCCO1. The second-order valence-corrected chi connectivity index (χ2v) is 5.22. The number of carbonyl (C=O) groups is 1. The van der Waals surface area contributed by atoms with Crippen LogP contribution < -0.4 is 10.2 Å². The molecule has 1 fully saturated rings. The predicted octanol–water partition coefficient (Wildman–Crippen LogP) is 1.86. The highest BCUT2D eigenvalue weighted by Gasteiger charge is 2.23. The van der Waals surface area contributed by atoms with E-state index in [1.165, 1.54) is 11.3 Å². The molecule has 104 valence electrons. The summed E-state index contributed by atoms with van der Waals surface area (Å²) in [5, 5.41) is 2.95. The lowest BCUT2D eigenvalue weighted by Crippen LogP contribution is -2.33. The molecule has 0 saturated carbocycles. The van der Waals surface area contributed by atoms with E-state index in [9.17, 15) is 4.79 Å². The van der Waals surface area contributed by atoms with Gasteiger partial charge >= 0.3 is 0 Å². The van der Waals surface area contributed by atoms with Crippen molar-refractivity contribution in [1.82, 2.24) is 5.32 Å². The van der Waals surface area contributed by atoms with Crippen molar-refractivity contribution >= 4 is 11.6 Å². The molecule has 1 aliphatic heterocycles. The normalized spacial score (nSPS) is 18.4. The second kappa shape index (κ2) is 6.06. The fourth-order valence-electron chi connectivity index (χ4n) is 2.24. The lowest BCUT2D eigenvalue weighted by molar-refractivity contribution is -0.130. The van der Waals surface area contributed by atoms with Crippen molar-refractivity contribution in [1.29, 1.82) is 0 Å². The van der Waals surface area contributed by atoms with Crippen LogP contribution in [0.15, 0.2) is 18.2 Å². The highest BCUT2D eigenvalue weighted by atomic mass is 16.5. The zero-order chi connectivity index (χ0) is 13.8. The van der Waals surface area contributed by atoms with Gasteiger partial charge in [0, 0.05) is 32.9 Å². The van der Waals surface area contributed by atoms with Crippen molar-refractivity contribution in [3.05, 3.63) is 29.3 Å². The summed E-state index contributed by atoms with van der Waals surface area (Å²) in [5.41, 5.74) is 3.52. The Morgan fingerprint density at radius 1 is 1.47 bits per heavy atom. The first-order valence-corrected chi connectivity index (χ1v) is 6.74. The van der Waals surface area contributed by atoms with Crippen LogP contribution in [0, 0.1) is 6.92 Å². The van der Waals surface area contributed by atoms with Crippen LogP contribution in [0.3, 0.4) is 0 Å². The molecular formula is C15H22N2O2. The number of hydrogen-bond acceptors (Lipinski definition) is 3. The van der Waals surface area contributed by atoms with Gasteiger partial charge in [-0.1, -0.05) is 6.07 Å². The Morgan fingerprint density at radius 2 is 2.26 bits per heavy atom. The third kappa shape index (κ3) is 3.47. The van der Waals surface area contributed by atoms with Crippen LogP contribution in [0.1, 0.15) is 24.0 Å². The van der Waals surface area contributed by atoms with E-state index in [1.54, 1.807) is 0 Å². The van der Waals surface area contributed by atoms with E-state index < -0.39 is 0 Å². The van der Waals surface area contributed by atoms with Crippen molar-refractivity contribution in [2.45, 2.75) is 32.4 Å². The number of rotatable bonds is 4. The van der Waals surface area contributed by atoms with Gasteiger partial charge in [0.1, 0.15) is 6.10 Å². The molecule has 0 spiro atoms. The van der Waals surface area contributed by atoms with Crippen LogP contribution in [0.5, 0.6) is 0 Å². The summed E-state index contributed by atoms with van der Waals surface area (Å²) in [4.78, 5) is 13.9. The average molecular weight is 262 g/mol. The molecule has 0 bridgehead atoms. The Morgan fingerprint density at radius 3 is 2.84 bits per heavy atom. The standard InChI is InChI=1S/C15H22N2O2/c1-11-9-13(17(2)3)7-6-12(11)10-16-15(18)14-5-4-8-19-14/h6-7,9,14H,4-5,8,10H2,1-3H3,(H,16,18). The number of nitrogens with zero attached hydrogens (tertiary/aromatic N) is 1. The molecule has 4 heteroatoms. The van der Waals surface area contributed by atoms with E-state index in [1.807, 2.05) is 14.1 Å². The molecule has 1 atom stereocenters. The number of aryl methyl sites for hydroxylation is 1. The summed E-state index contributed by atoms with van der Waals surface area (Å²) in [6, 6.07) is 6.27. The average Bonchev–Trinajstić information content (AvgIpc) is 2.90. The van der Waals surface area contributed by atoms with Gasteiger partial charge in [0.05, 0.1) is 0 Å². The number of nitrogens with one attached hydrogen (secondary N) is 1. The van der Waals surface area contributed by atoms with Crippen molar-refractivity contribution in [2.24, 2.45) is 0 Å². The monoisotopic (exact) mass is 262 g/mol. The fourth-order valence-corrected chi connectivity index (χ4v) is 2.24. The van der Waals surface area contributed by atoms with Crippen LogP contribution in [-0.2, 0) is 16.1 Å².